The van der Waals surface area contributed by atoms with E-state index in [9.17, 15) is 10.1 Å². The van der Waals surface area contributed by atoms with Gasteiger partial charge in [-0.05, 0) is 49.7 Å². The number of ether oxygens (including phenoxy) is 2. The zero-order chi connectivity index (χ0) is 18.4. The van der Waals surface area contributed by atoms with E-state index in [4.69, 9.17) is 21.1 Å². The molecule has 5 nitrogen and oxygen atoms in total. The number of halogens is 1. The molecule has 25 heavy (non-hydrogen) atoms. The Kier molecular flexibility index (Phi) is 6.26. The van der Waals surface area contributed by atoms with Crippen molar-refractivity contribution in [3.05, 3.63) is 52.0 Å². The smallest absolute Gasteiger partial charge is 0.179 e. The molecule has 0 saturated heterocycles. The van der Waals surface area contributed by atoms with Crippen LogP contribution in [-0.2, 0) is 6.54 Å². The van der Waals surface area contributed by atoms with Crippen molar-refractivity contribution in [2.24, 2.45) is 0 Å². The minimum Gasteiger partial charge on any atom is -0.493 e. The van der Waals surface area contributed by atoms with Crippen LogP contribution >= 0.6 is 11.6 Å². The summed E-state index contributed by atoms with van der Waals surface area (Å²) in [5.74, 6) is 0.995. The quantitative estimate of drug-likeness (QED) is 0.741. The third kappa shape index (κ3) is 4.43. The van der Waals surface area contributed by atoms with Crippen LogP contribution < -0.4 is 14.8 Å². The predicted molar refractivity (Wildman–Crippen MR) is 97.7 cm³/mol. The van der Waals surface area contributed by atoms with Crippen LogP contribution in [0.25, 0.3) is 0 Å². The number of nitrogens with one attached hydrogen (secondary N) is 1. The minimum atomic E-state index is -0.0571. The van der Waals surface area contributed by atoms with Crippen LogP contribution in [0, 0.1) is 11.3 Å². The molecule has 2 rings (SSSR count). The van der Waals surface area contributed by atoms with Gasteiger partial charge in [0.05, 0.1) is 30.0 Å². The molecule has 0 heterocycles. The lowest BCUT2D eigenvalue weighted by molar-refractivity contribution is 0.101. The fourth-order valence-electron chi connectivity index (χ4n) is 2.36. The first-order chi connectivity index (χ1) is 12.0. The predicted octanol–water partition coefficient (Wildman–Crippen LogP) is 4.43. The molecule has 0 aromatic heterocycles. The molecule has 2 aromatic rings. The first-order valence-corrected chi connectivity index (χ1v) is 8.16. The number of rotatable bonds is 7. The Morgan fingerprint density at radius 2 is 2.08 bits per heavy atom. The highest BCUT2D eigenvalue weighted by atomic mass is 35.5. The van der Waals surface area contributed by atoms with Crippen molar-refractivity contribution in [3.63, 3.8) is 0 Å². The average Bonchev–Trinajstić information content (AvgIpc) is 2.61. The zero-order valence-corrected chi connectivity index (χ0v) is 15.1. The van der Waals surface area contributed by atoms with Gasteiger partial charge in [0.2, 0.25) is 0 Å². The Bertz CT molecular complexity index is 828. The van der Waals surface area contributed by atoms with Crippen molar-refractivity contribution < 1.29 is 14.3 Å². The molecule has 130 valence electrons. The highest BCUT2D eigenvalue weighted by molar-refractivity contribution is 6.32. The second-order valence-electron chi connectivity index (χ2n) is 5.32. The second kappa shape index (κ2) is 8.41. The summed E-state index contributed by atoms with van der Waals surface area (Å²) in [7, 11) is 1.55. The van der Waals surface area contributed by atoms with E-state index < -0.39 is 0 Å². The second-order valence-corrected chi connectivity index (χ2v) is 5.73. The number of nitriles is 1. The van der Waals surface area contributed by atoms with Gasteiger partial charge in [-0.3, -0.25) is 4.79 Å². The number of methoxy groups -OCH3 is 1. The van der Waals surface area contributed by atoms with E-state index >= 15 is 0 Å². The molecule has 0 saturated carbocycles. The van der Waals surface area contributed by atoms with Gasteiger partial charge in [0, 0.05) is 12.1 Å². The van der Waals surface area contributed by atoms with E-state index in [-0.39, 0.29) is 5.78 Å². The van der Waals surface area contributed by atoms with Crippen LogP contribution in [0.4, 0.5) is 5.69 Å². The average molecular weight is 359 g/mol. The number of anilines is 1. The molecular formula is C19H19ClN2O3. The van der Waals surface area contributed by atoms with E-state index in [0.29, 0.717) is 46.5 Å². The number of hydrogen-bond donors (Lipinski definition) is 1. The lowest BCUT2D eigenvalue weighted by atomic mass is 10.1. The molecule has 0 aliphatic carbocycles. The number of hydrogen-bond acceptors (Lipinski definition) is 5. The van der Waals surface area contributed by atoms with Crippen LogP contribution in [0.1, 0.15) is 35.3 Å². The summed E-state index contributed by atoms with van der Waals surface area (Å²) >= 11 is 6.27. The fourth-order valence-corrected chi connectivity index (χ4v) is 2.65. The molecule has 0 unspecified atom stereocenters. The zero-order valence-electron chi connectivity index (χ0n) is 14.4. The summed E-state index contributed by atoms with van der Waals surface area (Å²) in [6, 6.07) is 10.7. The maximum absolute atomic E-state index is 11.5. The fraction of sp³-hybridized carbons (Fsp3) is 0.263. The molecule has 0 aliphatic heterocycles. The molecule has 0 bridgehead atoms. The van der Waals surface area contributed by atoms with Gasteiger partial charge in [-0.25, -0.2) is 0 Å². The van der Waals surface area contributed by atoms with Crippen molar-refractivity contribution in [1.82, 2.24) is 0 Å². The summed E-state index contributed by atoms with van der Waals surface area (Å²) in [5.41, 5.74) is 2.47. The Labute approximate surface area is 152 Å². The van der Waals surface area contributed by atoms with Crippen LogP contribution in [0.3, 0.4) is 0 Å². The van der Waals surface area contributed by atoms with Gasteiger partial charge in [0.25, 0.3) is 0 Å². The Hall–Kier alpha value is -2.71. The molecule has 0 atom stereocenters. The number of nitrogens with zero attached hydrogens (tertiary/aromatic N) is 1. The molecule has 2 aromatic carbocycles. The lowest BCUT2D eigenvalue weighted by Gasteiger charge is -2.14. The summed E-state index contributed by atoms with van der Waals surface area (Å²) in [6.07, 6.45) is 0. The van der Waals surface area contributed by atoms with Gasteiger partial charge < -0.3 is 14.8 Å². The van der Waals surface area contributed by atoms with Gasteiger partial charge in [0.15, 0.2) is 17.3 Å². The van der Waals surface area contributed by atoms with Crippen molar-refractivity contribution in [3.8, 4) is 17.6 Å². The maximum Gasteiger partial charge on any atom is 0.179 e. The molecule has 0 radical (unpaired) electrons. The van der Waals surface area contributed by atoms with E-state index in [1.165, 1.54) is 6.92 Å². The summed E-state index contributed by atoms with van der Waals surface area (Å²) in [6.45, 7) is 4.26. The summed E-state index contributed by atoms with van der Waals surface area (Å²) in [4.78, 5) is 11.5. The van der Waals surface area contributed by atoms with Gasteiger partial charge in [-0.2, -0.15) is 5.26 Å². The SMILES string of the molecule is CCOc1c(Cl)cc(CNc2cc(C(C)=O)ccc2C#N)cc1OC. The minimum absolute atomic E-state index is 0.0571. The van der Waals surface area contributed by atoms with Crippen LogP contribution in [0.2, 0.25) is 5.02 Å². The topological polar surface area (TPSA) is 71.3 Å². The van der Waals surface area contributed by atoms with Gasteiger partial charge in [-0.15, -0.1) is 0 Å². The number of carbonyl (C=O) groups is 1. The molecule has 6 heteroatoms. The summed E-state index contributed by atoms with van der Waals surface area (Å²) < 4.78 is 10.8. The number of benzene rings is 2. The van der Waals surface area contributed by atoms with E-state index in [1.807, 2.05) is 13.0 Å². The number of ketones is 1. The van der Waals surface area contributed by atoms with Crippen molar-refractivity contribution in [2.45, 2.75) is 20.4 Å². The molecule has 1 N–H and O–H groups in total. The van der Waals surface area contributed by atoms with Crippen molar-refractivity contribution >= 4 is 23.1 Å². The molecule has 0 fully saturated rings. The van der Waals surface area contributed by atoms with E-state index in [2.05, 4.69) is 11.4 Å². The van der Waals surface area contributed by atoms with E-state index in [0.717, 1.165) is 5.56 Å². The lowest BCUT2D eigenvalue weighted by Crippen LogP contribution is -2.04. The normalized spacial score (nSPS) is 10.0. The van der Waals surface area contributed by atoms with Crippen molar-refractivity contribution in [2.75, 3.05) is 19.0 Å². The Balaban J connectivity index is 2.27. The molecule has 0 aliphatic rings. The Morgan fingerprint density at radius 1 is 1.32 bits per heavy atom. The molecular weight excluding hydrogens is 340 g/mol. The number of carbonyl (C=O) groups excluding carboxylic acids is 1. The molecule has 0 spiro atoms. The van der Waals surface area contributed by atoms with Gasteiger partial charge >= 0.3 is 0 Å². The van der Waals surface area contributed by atoms with Gasteiger partial charge in [0.1, 0.15) is 6.07 Å². The standard InChI is InChI=1S/C19H19ClN2O3/c1-4-25-19-16(20)7-13(8-18(19)24-3)11-22-17-9-14(12(2)23)5-6-15(17)10-21/h5-9,22H,4,11H2,1-3H3. The summed E-state index contributed by atoms with van der Waals surface area (Å²) in [5, 5.41) is 12.9. The third-order valence-corrected chi connectivity index (χ3v) is 3.89. The third-order valence-electron chi connectivity index (χ3n) is 3.61. The van der Waals surface area contributed by atoms with Crippen LogP contribution in [-0.4, -0.2) is 19.5 Å². The first kappa shape index (κ1) is 18.6. The maximum atomic E-state index is 11.5. The highest BCUT2D eigenvalue weighted by Gasteiger charge is 2.12. The van der Waals surface area contributed by atoms with Crippen molar-refractivity contribution in [1.29, 1.82) is 5.26 Å². The monoisotopic (exact) mass is 358 g/mol. The molecule has 0 amide bonds. The van der Waals surface area contributed by atoms with Gasteiger partial charge in [-0.1, -0.05) is 11.6 Å². The first-order valence-electron chi connectivity index (χ1n) is 7.78. The largest absolute Gasteiger partial charge is 0.493 e. The highest BCUT2D eigenvalue weighted by Crippen LogP contribution is 2.36. The Morgan fingerprint density at radius 3 is 2.68 bits per heavy atom. The van der Waals surface area contributed by atoms with Crippen LogP contribution in [0.15, 0.2) is 30.3 Å². The van der Waals surface area contributed by atoms with Crippen LogP contribution in [0.5, 0.6) is 11.5 Å². The van der Waals surface area contributed by atoms with E-state index in [1.54, 1.807) is 31.4 Å². The number of Topliss-reactive ketones (excluding diaryl/α,β-unsaturated/α-hetero) is 1.